The average Bonchev–Trinajstić information content (AvgIpc) is 3.07. The van der Waals surface area contributed by atoms with Gasteiger partial charge in [0.1, 0.15) is 0 Å². The van der Waals surface area contributed by atoms with E-state index in [9.17, 15) is 9.59 Å². The molecule has 0 fully saturated rings. The van der Waals surface area contributed by atoms with Gasteiger partial charge in [-0.2, -0.15) is 5.10 Å². The highest BCUT2D eigenvalue weighted by molar-refractivity contribution is 7.11. The summed E-state index contributed by atoms with van der Waals surface area (Å²) >= 11 is 1.56. The van der Waals surface area contributed by atoms with Crippen LogP contribution >= 0.6 is 11.3 Å². The molecule has 0 saturated heterocycles. The maximum atomic E-state index is 12.3. The molecule has 2 N–H and O–H groups in total. The molecule has 3 aromatic rings. The second kappa shape index (κ2) is 8.42. The highest BCUT2D eigenvalue weighted by atomic mass is 32.1. The predicted molar refractivity (Wildman–Crippen MR) is 110 cm³/mol. The monoisotopic (exact) mass is 377 g/mol. The molecule has 1 aromatic heterocycles. The molecule has 0 aliphatic heterocycles. The van der Waals surface area contributed by atoms with Crippen LogP contribution in [0.3, 0.4) is 0 Å². The zero-order chi connectivity index (χ0) is 19.2. The molecule has 0 aliphatic carbocycles. The van der Waals surface area contributed by atoms with E-state index in [2.05, 4.69) is 15.8 Å². The SMILES string of the molecule is Cc1cccc(C(=O)Nc2ccc(C(=O)NN=Cc3sccc3C)cc2)c1. The van der Waals surface area contributed by atoms with E-state index in [0.717, 1.165) is 16.0 Å². The predicted octanol–water partition coefficient (Wildman–Crippen LogP) is 4.38. The van der Waals surface area contributed by atoms with Crippen molar-refractivity contribution in [3.05, 3.63) is 87.1 Å². The van der Waals surface area contributed by atoms with Crippen molar-refractivity contribution in [1.82, 2.24) is 5.43 Å². The fourth-order valence-electron chi connectivity index (χ4n) is 2.43. The Balaban J connectivity index is 1.59. The first-order valence-electron chi connectivity index (χ1n) is 8.38. The first kappa shape index (κ1) is 18.5. The molecule has 5 nitrogen and oxygen atoms in total. The van der Waals surface area contributed by atoms with E-state index >= 15 is 0 Å². The first-order chi connectivity index (χ1) is 13.0. The molecule has 0 spiro atoms. The molecular formula is C21H19N3O2S. The van der Waals surface area contributed by atoms with Gasteiger partial charge >= 0.3 is 0 Å². The smallest absolute Gasteiger partial charge is 0.271 e. The summed E-state index contributed by atoms with van der Waals surface area (Å²) in [5.74, 6) is -0.496. The van der Waals surface area contributed by atoms with Crippen molar-refractivity contribution in [1.29, 1.82) is 0 Å². The van der Waals surface area contributed by atoms with Crippen molar-refractivity contribution in [2.24, 2.45) is 5.10 Å². The van der Waals surface area contributed by atoms with E-state index in [0.29, 0.717) is 16.8 Å². The number of hydrogen-bond donors (Lipinski definition) is 2. The maximum absolute atomic E-state index is 12.3. The minimum absolute atomic E-state index is 0.188. The number of nitrogens with zero attached hydrogens (tertiary/aromatic N) is 1. The average molecular weight is 377 g/mol. The van der Waals surface area contributed by atoms with Crippen LogP contribution in [0.15, 0.2) is 65.1 Å². The molecule has 6 heteroatoms. The Morgan fingerprint density at radius 2 is 1.74 bits per heavy atom. The molecule has 1 heterocycles. The number of anilines is 1. The Bertz CT molecular complexity index is 991. The van der Waals surface area contributed by atoms with Gasteiger partial charge in [0, 0.05) is 21.7 Å². The summed E-state index contributed by atoms with van der Waals surface area (Å²) in [6, 6.07) is 16.0. The Morgan fingerprint density at radius 3 is 2.41 bits per heavy atom. The van der Waals surface area contributed by atoms with Gasteiger partial charge in [-0.05, 0) is 67.3 Å². The molecule has 2 amide bonds. The van der Waals surface area contributed by atoms with E-state index < -0.39 is 0 Å². The normalized spacial score (nSPS) is 10.7. The minimum Gasteiger partial charge on any atom is -0.322 e. The fourth-order valence-corrected chi connectivity index (χ4v) is 3.21. The lowest BCUT2D eigenvalue weighted by molar-refractivity contribution is 0.0954. The quantitative estimate of drug-likeness (QED) is 0.512. The van der Waals surface area contributed by atoms with Crippen molar-refractivity contribution in [2.75, 3.05) is 5.32 Å². The number of hydrazone groups is 1. The number of carbonyl (C=O) groups excluding carboxylic acids is 2. The standard InChI is InChI=1S/C21H19N3O2S/c1-14-4-3-5-17(12-14)20(25)23-18-8-6-16(7-9-18)21(26)24-22-13-19-15(2)10-11-27-19/h3-13H,1-2H3,(H,23,25)(H,24,26). The lowest BCUT2D eigenvalue weighted by atomic mass is 10.1. The molecule has 2 aromatic carbocycles. The minimum atomic E-state index is -0.308. The van der Waals surface area contributed by atoms with E-state index in [-0.39, 0.29) is 11.8 Å². The van der Waals surface area contributed by atoms with Gasteiger partial charge in [0.05, 0.1) is 6.21 Å². The highest BCUT2D eigenvalue weighted by Gasteiger charge is 2.08. The van der Waals surface area contributed by atoms with E-state index in [1.165, 1.54) is 0 Å². The summed E-state index contributed by atoms with van der Waals surface area (Å²) in [5.41, 5.74) is 6.32. The summed E-state index contributed by atoms with van der Waals surface area (Å²) in [6.45, 7) is 3.93. The summed E-state index contributed by atoms with van der Waals surface area (Å²) in [5, 5.41) is 8.78. The van der Waals surface area contributed by atoms with Crippen LogP contribution in [0.2, 0.25) is 0 Å². The second-order valence-corrected chi connectivity index (χ2v) is 7.02. The van der Waals surface area contributed by atoms with Crippen LogP contribution in [0.4, 0.5) is 5.69 Å². The molecular weight excluding hydrogens is 358 g/mol. The van der Waals surface area contributed by atoms with E-state index in [1.54, 1.807) is 47.9 Å². The summed E-state index contributed by atoms with van der Waals surface area (Å²) in [6.07, 6.45) is 1.63. The van der Waals surface area contributed by atoms with Gasteiger partial charge in [-0.25, -0.2) is 5.43 Å². The van der Waals surface area contributed by atoms with Crippen LogP contribution in [0.25, 0.3) is 0 Å². The number of thiophene rings is 1. The lowest BCUT2D eigenvalue weighted by Gasteiger charge is -2.07. The molecule has 0 saturated carbocycles. The lowest BCUT2D eigenvalue weighted by Crippen LogP contribution is -2.17. The fraction of sp³-hybridized carbons (Fsp3) is 0.0952. The molecule has 3 rings (SSSR count). The number of rotatable bonds is 5. The third-order valence-corrected chi connectivity index (χ3v) is 4.89. The topological polar surface area (TPSA) is 70.6 Å². The molecule has 136 valence electrons. The van der Waals surface area contributed by atoms with Gasteiger partial charge in [0.25, 0.3) is 11.8 Å². The number of aryl methyl sites for hydroxylation is 2. The van der Waals surface area contributed by atoms with Gasteiger partial charge in [0.15, 0.2) is 0 Å². The molecule has 0 unspecified atom stereocenters. The Kier molecular flexibility index (Phi) is 5.78. The van der Waals surface area contributed by atoms with Crippen LogP contribution in [-0.4, -0.2) is 18.0 Å². The van der Waals surface area contributed by atoms with Gasteiger partial charge in [0.2, 0.25) is 0 Å². The zero-order valence-electron chi connectivity index (χ0n) is 15.0. The molecule has 0 atom stereocenters. The van der Waals surface area contributed by atoms with Crippen LogP contribution in [-0.2, 0) is 0 Å². The van der Waals surface area contributed by atoms with Crippen LogP contribution in [0.5, 0.6) is 0 Å². The third kappa shape index (κ3) is 4.89. The summed E-state index contributed by atoms with van der Waals surface area (Å²) in [4.78, 5) is 25.4. The largest absolute Gasteiger partial charge is 0.322 e. The molecule has 27 heavy (non-hydrogen) atoms. The second-order valence-electron chi connectivity index (χ2n) is 6.07. The summed E-state index contributed by atoms with van der Waals surface area (Å²) in [7, 11) is 0. The van der Waals surface area contributed by atoms with E-state index in [1.807, 2.05) is 43.5 Å². The Hall–Kier alpha value is -3.25. The Labute approximate surface area is 161 Å². The van der Waals surface area contributed by atoms with Crippen molar-refractivity contribution in [2.45, 2.75) is 13.8 Å². The zero-order valence-corrected chi connectivity index (χ0v) is 15.8. The van der Waals surface area contributed by atoms with Gasteiger partial charge < -0.3 is 5.32 Å². The molecule has 0 bridgehead atoms. The first-order valence-corrected chi connectivity index (χ1v) is 9.26. The molecule has 0 aliphatic rings. The third-order valence-electron chi connectivity index (χ3n) is 3.93. The number of hydrogen-bond acceptors (Lipinski definition) is 4. The van der Waals surface area contributed by atoms with Gasteiger partial charge in [-0.15, -0.1) is 11.3 Å². The van der Waals surface area contributed by atoms with Crippen molar-refractivity contribution < 1.29 is 9.59 Å². The van der Waals surface area contributed by atoms with Crippen molar-refractivity contribution in [3.63, 3.8) is 0 Å². The van der Waals surface area contributed by atoms with E-state index in [4.69, 9.17) is 0 Å². The number of nitrogens with one attached hydrogen (secondary N) is 2. The molecule has 0 radical (unpaired) electrons. The number of benzene rings is 2. The summed E-state index contributed by atoms with van der Waals surface area (Å²) < 4.78 is 0. The van der Waals surface area contributed by atoms with Crippen LogP contribution < -0.4 is 10.7 Å². The van der Waals surface area contributed by atoms with Gasteiger partial charge in [-0.1, -0.05) is 17.7 Å². The van der Waals surface area contributed by atoms with Gasteiger partial charge in [-0.3, -0.25) is 9.59 Å². The van der Waals surface area contributed by atoms with Crippen LogP contribution in [0.1, 0.15) is 36.7 Å². The number of amides is 2. The van der Waals surface area contributed by atoms with Crippen molar-refractivity contribution in [3.8, 4) is 0 Å². The van der Waals surface area contributed by atoms with Crippen molar-refractivity contribution >= 4 is 35.1 Å². The Morgan fingerprint density at radius 1 is 0.963 bits per heavy atom. The number of carbonyl (C=O) groups is 2. The maximum Gasteiger partial charge on any atom is 0.271 e. The highest BCUT2D eigenvalue weighted by Crippen LogP contribution is 2.13. The van der Waals surface area contributed by atoms with Crippen LogP contribution in [0, 0.1) is 13.8 Å².